The first-order valence-corrected chi connectivity index (χ1v) is 7.12. The molecule has 0 saturated carbocycles. The van der Waals surface area contributed by atoms with Gasteiger partial charge in [0.1, 0.15) is 4.87 Å². The predicted octanol–water partition coefficient (Wildman–Crippen LogP) is 5.05. The Labute approximate surface area is 107 Å². The molecule has 90 valence electrons. The van der Waals surface area contributed by atoms with Gasteiger partial charge in [-0.3, -0.25) is 4.79 Å². The standard InChI is InChI=1S/C12H22BrClO/c1-3-5-7-8-10-12(14,11(13)15)9-6-4-2/h3-10H2,1-2H3. The van der Waals surface area contributed by atoms with Crippen molar-refractivity contribution in [2.75, 3.05) is 0 Å². The molecule has 0 aliphatic carbocycles. The highest BCUT2D eigenvalue weighted by molar-refractivity contribution is 9.18. The zero-order chi connectivity index (χ0) is 11.7. The van der Waals surface area contributed by atoms with Gasteiger partial charge in [0.25, 0.3) is 0 Å². The largest absolute Gasteiger partial charge is 0.285 e. The monoisotopic (exact) mass is 296 g/mol. The van der Waals surface area contributed by atoms with E-state index in [9.17, 15) is 4.79 Å². The van der Waals surface area contributed by atoms with Gasteiger partial charge in [0.2, 0.25) is 4.69 Å². The fourth-order valence-corrected chi connectivity index (χ4v) is 2.27. The fraction of sp³-hybridized carbons (Fsp3) is 0.917. The van der Waals surface area contributed by atoms with E-state index in [-0.39, 0.29) is 4.69 Å². The molecule has 0 aromatic carbocycles. The molecular formula is C12H22BrClO. The third kappa shape index (κ3) is 6.57. The lowest BCUT2D eigenvalue weighted by Crippen LogP contribution is -2.28. The Morgan fingerprint density at radius 1 is 1.07 bits per heavy atom. The Balaban J connectivity index is 3.96. The van der Waals surface area contributed by atoms with Crippen molar-refractivity contribution in [2.45, 2.75) is 70.1 Å². The molecule has 0 heterocycles. The molecule has 0 bridgehead atoms. The van der Waals surface area contributed by atoms with Crippen LogP contribution in [-0.2, 0) is 4.79 Å². The lowest BCUT2D eigenvalue weighted by atomic mass is 9.95. The van der Waals surface area contributed by atoms with Gasteiger partial charge < -0.3 is 0 Å². The first-order chi connectivity index (χ1) is 7.06. The summed E-state index contributed by atoms with van der Waals surface area (Å²) >= 11 is 9.36. The van der Waals surface area contributed by atoms with Gasteiger partial charge in [-0.1, -0.05) is 52.4 Å². The highest BCUT2D eigenvalue weighted by Crippen LogP contribution is 2.32. The van der Waals surface area contributed by atoms with E-state index in [1.165, 1.54) is 19.3 Å². The predicted molar refractivity (Wildman–Crippen MR) is 70.8 cm³/mol. The fourth-order valence-electron chi connectivity index (χ4n) is 1.61. The summed E-state index contributed by atoms with van der Waals surface area (Å²) in [7, 11) is 0. The molecule has 0 spiro atoms. The van der Waals surface area contributed by atoms with Crippen molar-refractivity contribution < 1.29 is 4.79 Å². The third-order valence-electron chi connectivity index (χ3n) is 2.71. The Bertz CT molecular complexity index is 184. The maximum atomic E-state index is 11.4. The van der Waals surface area contributed by atoms with Crippen LogP contribution in [0.5, 0.6) is 0 Å². The first kappa shape index (κ1) is 15.4. The molecule has 3 heteroatoms. The van der Waals surface area contributed by atoms with Crippen molar-refractivity contribution in [1.29, 1.82) is 0 Å². The minimum Gasteiger partial charge on any atom is -0.285 e. The molecule has 0 N–H and O–H groups in total. The summed E-state index contributed by atoms with van der Waals surface area (Å²) in [6.07, 6.45) is 8.39. The molecule has 0 saturated heterocycles. The number of hydrogen-bond donors (Lipinski definition) is 0. The van der Waals surface area contributed by atoms with Crippen molar-refractivity contribution in [3.8, 4) is 0 Å². The lowest BCUT2D eigenvalue weighted by molar-refractivity contribution is -0.113. The SMILES string of the molecule is CCCCCCC(Cl)(CCCC)C(=O)Br. The van der Waals surface area contributed by atoms with E-state index in [2.05, 4.69) is 29.8 Å². The van der Waals surface area contributed by atoms with Crippen molar-refractivity contribution >= 4 is 32.2 Å². The average Bonchev–Trinajstić information content (AvgIpc) is 2.21. The second-order valence-electron chi connectivity index (χ2n) is 4.15. The number of halogens is 2. The molecule has 0 aromatic rings. The van der Waals surface area contributed by atoms with Gasteiger partial charge in [-0.15, -0.1) is 11.6 Å². The molecule has 0 aromatic heterocycles. The number of rotatable bonds is 9. The van der Waals surface area contributed by atoms with Crippen LogP contribution in [0.3, 0.4) is 0 Å². The number of carbonyl (C=O) groups is 1. The van der Waals surface area contributed by atoms with Crippen LogP contribution in [0.2, 0.25) is 0 Å². The average molecular weight is 298 g/mol. The van der Waals surface area contributed by atoms with Gasteiger partial charge >= 0.3 is 0 Å². The van der Waals surface area contributed by atoms with Crippen LogP contribution in [0, 0.1) is 0 Å². The highest BCUT2D eigenvalue weighted by Gasteiger charge is 2.32. The van der Waals surface area contributed by atoms with Crippen molar-refractivity contribution in [1.82, 2.24) is 0 Å². The topological polar surface area (TPSA) is 17.1 Å². The maximum Gasteiger partial charge on any atom is 0.218 e. The number of carbonyl (C=O) groups excluding carboxylic acids is 1. The minimum absolute atomic E-state index is 0.0402. The molecule has 1 unspecified atom stereocenters. The molecule has 15 heavy (non-hydrogen) atoms. The van der Waals surface area contributed by atoms with Crippen LogP contribution in [0.15, 0.2) is 0 Å². The van der Waals surface area contributed by atoms with E-state index in [1.807, 2.05) is 0 Å². The summed E-state index contributed by atoms with van der Waals surface area (Å²) in [5, 5.41) is 0. The summed E-state index contributed by atoms with van der Waals surface area (Å²) in [6.45, 7) is 4.30. The smallest absolute Gasteiger partial charge is 0.218 e. The summed E-state index contributed by atoms with van der Waals surface area (Å²) < 4.78 is -0.0402. The molecule has 0 fully saturated rings. The zero-order valence-electron chi connectivity index (χ0n) is 9.82. The second-order valence-corrected chi connectivity index (χ2v) is 5.60. The molecule has 0 radical (unpaired) electrons. The van der Waals surface area contributed by atoms with E-state index in [0.717, 1.165) is 32.1 Å². The quantitative estimate of drug-likeness (QED) is 0.331. The molecule has 0 rings (SSSR count). The highest BCUT2D eigenvalue weighted by atomic mass is 79.9. The van der Waals surface area contributed by atoms with Gasteiger partial charge in [0.05, 0.1) is 0 Å². The lowest BCUT2D eigenvalue weighted by Gasteiger charge is -2.22. The van der Waals surface area contributed by atoms with Gasteiger partial charge in [-0.05, 0) is 28.8 Å². The van der Waals surface area contributed by atoms with E-state index >= 15 is 0 Å². The van der Waals surface area contributed by atoms with Crippen LogP contribution in [-0.4, -0.2) is 9.57 Å². The normalized spacial score (nSPS) is 14.9. The second kappa shape index (κ2) is 8.58. The molecule has 1 atom stereocenters. The minimum atomic E-state index is -0.649. The number of alkyl halides is 1. The van der Waals surface area contributed by atoms with E-state index < -0.39 is 4.87 Å². The molecule has 1 nitrogen and oxygen atoms in total. The van der Waals surface area contributed by atoms with Crippen LogP contribution in [0.4, 0.5) is 0 Å². The maximum absolute atomic E-state index is 11.4. The van der Waals surface area contributed by atoms with Crippen molar-refractivity contribution in [3.05, 3.63) is 0 Å². The molecule has 0 aliphatic heterocycles. The Morgan fingerprint density at radius 3 is 2.07 bits per heavy atom. The number of hydrogen-bond acceptors (Lipinski definition) is 1. The van der Waals surface area contributed by atoms with Crippen LogP contribution in [0.1, 0.15) is 65.2 Å². The molecule has 0 amide bonds. The van der Waals surface area contributed by atoms with Crippen molar-refractivity contribution in [2.24, 2.45) is 0 Å². The van der Waals surface area contributed by atoms with E-state index in [1.54, 1.807) is 0 Å². The number of unbranched alkanes of at least 4 members (excludes halogenated alkanes) is 4. The van der Waals surface area contributed by atoms with Crippen LogP contribution in [0.25, 0.3) is 0 Å². The molecule has 0 aliphatic rings. The van der Waals surface area contributed by atoms with Crippen molar-refractivity contribution in [3.63, 3.8) is 0 Å². The van der Waals surface area contributed by atoms with E-state index in [0.29, 0.717) is 0 Å². The molecular weight excluding hydrogens is 275 g/mol. The van der Waals surface area contributed by atoms with Gasteiger partial charge in [0, 0.05) is 0 Å². The first-order valence-electron chi connectivity index (χ1n) is 5.95. The van der Waals surface area contributed by atoms with E-state index in [4.69, 9.17) is 11.6 Å². The Morgan fingerprint density at radius 2 is 1.60 bits per heavy atom. The summed E-state index contributed by atoms with van der Waals surface area (Å²) in [6, 6.07) is 0. The summed E-state index contributed by atoms with van der Waals surface area (Å²) in [5.74, 6) is 0. The van der Waals surface area contributed by atoms with Crippen LogP contribution < -0.4 is 0 Å². The third-order valence-corrected chi connectivity index (χ3v) is 4.24. The van der Waals surface area contributed by atoms with Crippen LogP contribution >= 0.6 is 27.5 Å². The zero-order valence-corrected chi connectivity index (χ0v) is 12.2. The Kier molecular flexibility index (Phi) is 8.83. The summed E-state index contributed by atoms with van der Waals surface area (Å²) in [4.78, 5) is 10.8. The summed E-state index contributed by atoms with van der Waals surface area (Å²) in [5.41, 5.74) is 0. The van der Waals surface area contributed by atoms with Gasteiger partial charge in [-0.2, -0.15) is 0 Å². The Hall–Kier alpha value is 0.440. The van der Waals surface area contributed by atoms with Gasteiger partial charge in [0.15, 0.2) is 0 Å². The van der Waals surface area contributed by atoms with Gasteiger partial charge in [-0.25, -0.2) is 0 Å².